The van der Waals surface area contributed by atoms with E-state index < -0.39 is 17.2 Å². The van der Waals surface area contributed by atoms with Crippen molar-refractivity contribution in [2.24, 2.45) is 0 Å². The number of benzene rings is 1. The van der Waals surface area contributed by atoms with Gasteiger partial charge in [-0.3, -0.25) is 9.48 Å². The highest BCUT2D eigenvalue weighted by molar-refractivity contribution is 5.96. The van der Waals surface area contributed by atoms with E-state index in [0.29, 0.717) is 25.9 Å². The lowest BCUT2D eigenvalue weighted by atomic mass is 9.87. The highest BCUT2D eigenvalue weighted by Crippen LogP contribution is 2.29. The van der Waals surface area contributed by atoms with Gasteiger partial charge >= 0.3 is 0 Å². The molecule has 2 N–H and O–H groups in total. The lowest BCUT2D eigenvalue weighted by Crippen LogP contribution is -2.52. The zero-order valence-electron chi connectivity index (χ0n) is 11.9. The SMILES string of the molecule is O=C(Nc1cc(F)cc(F)c1)C1(n2cccn2)CCNCC1. The Hall–Kier alpha value is -2.28. The number of piperidine rings is 1. The van der Waals surface area contributed by atoms with E-state index in [-0.39, 0.29) is 11.6 Å². The van der Waals surface area contributed by atoms with E-state index in [1.165, 1.54) is 0 Å². The van der Waals surface area contributed by atoms with E-state index in [2.05, 4.69) is 15.7 Å². The number of rotatable bonds is 3. The van der Waals surface area contributed by atoms with Crippen molar-refractivity contribution in [1.29, 1.82) is 0 Å². The van der Waals surface area contributed by atoms with Crippen LogP contribution in [0.3, 0.4) is 0 Å². The van der Waals surface area contributed by atoms with Crippen molar-refractivity contribution in [3.63, 3.8) is 0 Å². The average Bonchev–Trinajstić information content (AvgIpc) is 3.01. The maximum atomic E-state index is 13.3. The molecule has 1 aromatic carbocycles. The highest BCUT2D eigenvalue weighted by Gasteiger charge is 2.42. The first-order chi connectivity index (χ1) is 10.6. The fourth-order valence-electron chi connectivity index (χ4n) is 2.80. The second kappa shape index (κ2) is 5.84. The van der Waals surface area contributed by atoms with Crippen molar-refractivity contribution in [3.8, 4) is 0 Å². The van der Waals surface area contributed by atoms with Crippen molar-refractivity contribution in [3.05, 3.63) is 48.3 Å². The van der Waals surface area contributed by atoms with Crippen molar-refractivity contribution in [2.75, 3.05) is 18.4 Å². The van der Waals surface area contributed by atoms with Gasteiger partial charge in [0.15, 0.2) is 0 Å². The standard InChI is InChI=1S/C15H16F2N4O/c16-11-8-12(17)10-13(9-11)20-14(22)15(2-5-18-6-3-15)21-7-1-4-19-21/h1,4,7-10,18H,2-3,5-6H2,(H,20,22). The maximum absolute atomic E-state index is 13.3. The largest absolute Gasteiger partial charge is 0.324 e. The molecule has 1 fully saturated rings. The molecule has 1 aliphatic rings. The summed E-state index contributed by atoms with van der Waals surface area (Å²) in [6.07, 6.45) is 4.45. The zero-order valence-corrected chi connectivity index (χ0v) is 11.9. The first-order valence-corrected chi connectivity index (χ1v) is 7.09. The van der Waals surface area contributed by atoms with Gasteiger partial charge in [-0.1, -0.05) is 0 Å². The molecule has 7 heteroatoms. The molecule has 1 aliphatic heterocycles. The first kappa shape index (κ1) is 14.6. The van der Waals surface area contributed by atoms with Crippen molar-refractivity contribution >= 4 is 11.6 Å². The van der Waals surface area contributed by atoms with Crippen LogP contribution in [0.2, 0.25) is 0 Å². The van der Waals surface area contributed by atoms with E-state index in [1.54, 1.807) is 23.1 Å². The quantitative estimate of drug-likeness (QED) is 0.910. The van der Waals surface area contributed by atoms with E-state index in [0.717, 1.165) is 18.2 Å². The Balaban J connectivity index is 1.90. The first-order valence-electron chi connectivity index (χ1n) is 7.09. The van der Waals surface area contributed by atoms with Crippen molar-refractivity contribution in [1.82, 2.24) is 15.1 Å². The third-order valence-electron chi connectivity index (χ3n) is 3.92. The predicted octanol–water partition coefficient (Wildman–Crippen LogP) is 1.88. The summed E-state index contributed by atoms with van der Waals surface area (Å²) < 4.78 is 28.2. The summed E-state index contributed by atoms with van der Waals surface area (Å²) in [6.45, 7) is 1.34. The fraction of sp³-hybridized carbons (Fsp3) is 0.333. The number of aromatic nitrogens is 2. The molecule has 2 aromatic rings. The minimum absolute atomic E-state index is 0.104. The van der Waals surface area contributed by atoms with Gasteiger partial charge in [-0.15, -0.1) is 0 Å². The molecule has 116 valence electrons. The van der Waals surface area contributed by atoms with Gasteiger partial charge < -0.3 is 10.6 Å². The molecule has 0 aliphatic carbocycles. The number of hydrogen-bond acceptors (Lipinski definition) is 3. The molecule has 0 bridgehead atoms. The van der Waals surface area contributed by atoms with Crippen LogP contribution >= 0.6 is 0 Å². The van der Waals surface area contributed by atoms with Gasteiger partial charge in [0.25, 0.3) is 5.91 Å². The van der Waals surface area contributed by atoms with Crippen molar-refractivity contribution in [2.45, 2.75) is 18.4 Å². The topological polar surface area (TPSA) is 59.0 Å². The van der Waals surface area contributed by atoms with Gasteiger partial charge in [0.1, 0.15) is 17.2 Å². The summed E-state index contributed by atoms with van der Waals surface area (Å²) in [5.74, 6) is -1.77. The molecule has 0 spiro atoms. The van der Waals surface area contributed by atoms with Crippen LogP contribution in [-0.2, 0) is 10.3 Å². The van der Waals surface area contributed by atoms with Crippen LogP contribution in [0.5, 0.6) is 0 Å². The van der Waals surface area contributed by atoms with Crippen molar-refractivity contribution < 1.29 is 13.6 Å². The third-order valence-corrected chi connectivity index (χ3v) is 3.92. The highest BCUT2D eigenvalue weighted by atomic mass is 19.1. The number of carbonyl (C=O) groups is 1. The molecule has 0 unspecified atom stereocenters. The van der Waals surface area contributed by atoms with Gasteiger partial charge in [0, 0.05) is 24.1 Å². The molecule has 0 atom stereocenters. The Morgan fingerprint density at radius 1 is 1.23 bits per heavy atom. The molecule has 0 saturated carbocycles. The number of nitrogens with one attached hydrogen (secondary N) is 2. The molecule has 1 aromatic heterocycles. The van der Waals surface area contributed by atoms with Crippen LogP contribution in [0.15, 0.2) is 36.7 Å². The second-order valence-electron chi connectivity index (χ2n) is 5.34. The van der Waals surface area contributed by atoms with E-state index in [4.69, 9.17) is 0 Å². The van der Waals surface area contributed by atoms with Gasteiger partial charge in [-0.05, 0) is 44.1 Å². The number of carbonyl (C=O) groups excluding carboxylic acids is 1. The molecule has 22 heavy (non-hydrogen) atoms. The number of halogens is 2. The van der Waals surface area contributed by atoms with Gasteiger partial charge in [-0.2, -0.15) is 5.10 Å². The summed E-state index contributed by atoms with van der Waals surface area (Å²) in [5.41, 5.74) is -0.745. The van der Waals surface area contributed by atoms with Crippen LogP contribution < -0.4 is 10.6 Å². The van der Waals surface area contributed by atoms with Crippen LogP contribution in [-0.4, -0.2) is 28.8 Å². The Morgan fingerprint density at radius 2 is 1.91 bits per heavy atom. The van der Waals surface area contributed by atoms with Crippen LogP contribution in [0.25, 0.3) is 0 Å². The molecule has 3 rings (SSSR count). The van der Waals surface area contributed by atoms with E-state index in [1.807, 2.05) is 0 Å². The smallest absolute Gasteiger partial charge is 0.252 e. The van der Waals surface area contributed by atoms with Crippen LogP contribution in [0.1, 0.15) is 12.8 Å². The van der Waals surface area contributed by atoms with Gasteiger partial charge in [0.05, 0.1) is 0 Å². The van der Waals surface area contributed by atoms with E-state index in [9.17, 15) is 13.6 Å². The van der Waals surface area contributed by atoms with Gasteiger partial charge in [0.2, 0.25) is 0 Å². The molecule has 5 nitrogen and oxygen atoms in total. The molecule has 1 amide bonds. The number of hydrogen-bond donors (Lipinski definition) is 2. The lowest BCUT2D eigenvalue weighted by molar-refractivity contribution is -0.126. The monoisotopic (exact) mass is 306 g/mol. The summed E-state index contributed by atoms with van der Waals surface area (Å²) in [5, 5.41) is 10.0. The summed E-state index contributed by atoms with van der Waals surface area (Å²) >= 11 is 0. The third kappa shape index (κ3) is 2.71. The minimum Gasteiger partial charge on any atom is -0.324 e. The minimum atomic E-state index is -0.850. The lowest BCUT2D eigenvalue weighted by Gasteiger charge is -2.36. The molecular weight excluding hydrogens is 290 g/mol. The average molecular weight is 306 g/mol. The van der Waals surface area contributed by atoms with Crippen LogP contribution in [0.4, 0.5) is 14.5 Å². The normalized spacial score (nSPS) is 17.2. The molecule has 0 radical (unpaired) electrons. The number of nitrogens with zero attached hydrogens (tertiary/aromatic N) is 2. The maximum Gasteiger partial charge on any atom is 0.252 e. The predicted molar refractivity (Wildman–Crippen MR) is 77.3 cm³/mol. The summed E-state index contributed by atoms with van der Waals surface area (Å²) in [4.78, 5) is 12.8. The fourth-order valence-corrected chi connectivity index (χ4v) is 2.80. The van der Waals surface area contributed by atoms with Crippen LogP contribution in [0, 0.1) is 11.6 Å². The Morgan fingerprint density at radius 3 is 2.50 bits per heavy atom. The second-order valence-corrected chi connectivity index (χ2v) is 5.34. The zero-order chi connectivity index (χ0) is 15.6. The summed E-state index contributed by atoms with van der Waals surface area (Å²) in [6, 6.07) is 4.71. The Labute approximate surface area is 126 Å². The number of amides is 1. The molecule has 1 saturated heterocycles. The Bertz CT molecular complexity index is 646. The Kier molecular flexibility index (Phi) is 3.89. The number of anilines is 1. The molecular formula is C15H16F2N4O. The summed E-state index contributed by atoms with van der Waals surface area (Å²) in [7, 11) is 0. The van der Waals surface area contributed by atoms with E-state index >= 15 is 0 Å². The van der Waals surface area contributed by atoms with Gasteiger partial charge in [-0.25, -0.2) is 8.78 Å². The molecule has 2 heterocycles.